The number of nitrogens with zero attached hydrogens (tertiary/aromatic N) is 3. The summed E-state index contributed by atoms with van der Waals surface area (Å²) in [5.41, 5.74) is 0.434. The topological polar surface area (TPSA) is 145 Å². The lowest BCUT2D eigenvalue weighted by Crippen LogP contribution is -2.54. The number of allylic oxidation sites excluding steroid dienone is 2. The lowest BCUT2D eigenvalue weighted by Gasteiger charge is -2.39. The fraction of sp³-hybridized carbons (Fsp3) is 0.276. The lowest BCUT2D eigenvalue weighted by atomic mass is 9.79. The van der Waals surface area contributed by atoms with Gasteiger partial charge in [0.05, 0.1) is 24.7 Å². The number of pyridine rings is 1. The number of nitrogens with one attached hydrogen (secondary N) is 2. The molecule has 0 saturated carbocycles. The quantitative estimate of drug-likeness (QED) is 0.326. The van der Waals surface area contributed by atoms with E-state index in [1.54, 1.807) is 24.3 Å². The molecular formula is C29H30ClN5O6. The van der Waals surface area contributed by atoms with Crippen molar-refractivity contribution in [2.45, 2.75) is 24.4 Å². The van der Waals surface area contributed by atoms with Crippen LogP contribution in [-0.2, 0) is 31.0 Å². The summed E-state index contributed by atoms with van der Waals surface area (Å²) in [4.78, 5) is 54.5. The zero-order chi connectivity index (χ0) is 29.9. The van der Waals surface area contributed by atoms with E-state index in [1.807, 2.05) is 37.3 Å². The van der Waals surface area contributed by atoms with Crippen LogP contribution in [0.2, 0.25) is 0 Å². The van der Waals surface area contributed by atoms with E-state index in [9.17, 15) is 19.2 Å². The molecule has 2 aromatic heterocycles. The molecule has 214 valence electrons. The molecule has 0 fully saturated rings. The number of amides is 1. The maximum atomic E-state index is 13.7. The summed E-state index contributed by atoms with van der Waals surface area (Å²) in [5, 5.41) is 13.8. The Morgan fingerprint density at radius 1 is 1.17 bits per heavy atom. The summed E-state index contributed by atoms with van der Waals surface area (Å²) in [5.74, 6) is -1.56. The molecule has 0 bridgehead atoms. The van der Waals surface area contributed by atoms with Gasteiger partial charge in [0.1, 0.15) is 11.1 Å². The molecule has 0 spiro atoms. The molecule has 1 aromatic carbocycles. The fourth-order valence-electron chi connectivity index (χ4n) is 4.76. The van der Waals surface area contributed by atoms with Gasteiger partial charge in [0.2, 0.25) is 5.88 Å². The molecule has 3 N–H and O–H groups in total. The summed E-state index contributed by atoms with van der Waals surface area (Å²) in [7, 11) is 4.17. The first kappa shape index (κ1) is 29.5. The molecule has 1 aliphatic carbocycles. The smallest absolute Gasteiger partial charge is 0.330 e. The summed E-state index contributed by atoms with van der Waals surface area (Å²) < 4.78 is 7.52. The molecule has 0 radical (unpaired) electrons. The highest BCUT2D eigenvalue weighted by molar-refractivity contribution is 6.28. The number of carbonyl (C=O) groups excluding carboxylic acids is 1. The van der Waals surface area contributed by atoms with E-state index < -0.39 is 34.0 Å². The normalized spacial score (nSPS) is 18.1. The molecule has 41 heavy (non-hydrogen) atoms. The maximum Gasteiger partial charge on any atom is 0.330 e. The van der Waals surface area contributed by atoms with Crippen LogP contribution in [0.15, 0.2) is 70.4 Å². The van der Waals surface area contributed by atoms with E-state index in [4.69, 9.17) is 21.4 Å². The van der Waals surface area contributed by atoms with Gasteiger partial charge in [-0.05, 0) is 29.7 Å². The van der Waals surface area contributed by atoms with Crippen molar-refractivity contribution in [2.24, 2.45) is 14.1 Å². The van der Waals surface area contributed by atoms with Crippen LogP contribution < -0.4 is 26.6 Å². The number of halogens is 1. The van der Waals surface area contributed by atoms with Crippen molar-refractivity contribution in [2.75, 3.05) is 13.7 Å². The molecule has 2 atom stereocenters. The Morgan fingerprint density at radius 2 is 1.90 bits per heavy atom. The Morgan fingerprint density at radius 3 is 2.59 bits per heavy atom. The van der Waals surface area contributed by atoms with Crippen molar-refractivity contribution >= 4 is 29.1 Å². The van der Waals surface area contributed by atoms with Crippen LogP contribution >= 0.6 is 11.6 Å². The third-order valence-electron chi connectivity index (χ3n) is 6.92. The van der Waals surface area contributed by atoms with E-state index in [-0.39, 0.29) is 24.5 Å². The summed E-state index contributed by atoms with van der Waals surface area (Å²) >= 11 is 7.23. The van der Waals surface area contributed by atoms with Crippen LogP contribution in [0, 0.1) is 6.92 Å². The number of rotatable bonds is 9. The molecule has 0 aliphatic heterocycles. The molecule has 12 heteroatoms. The Kier molecular flexibility index (Phi) is 8.60. The SMILES string of the molecule is COc1nc(C2(NC(=O)c3cn(C)c(=O)n(C)c3=O)C=CC=C(c3ccccc3C)C2Cl)ccc1CNCC(=O)O. The number of alkyl halides is 1. The van der Waals surface area contributed by atoms with Crippen LogP contribution in [0.4, 0.5) is 0 Å². The van der Waals surface area contributed by atoms with Gasteiger partial charge < -0.3 is 25.0 Å². The number of carboxylic acids is 1. The van der Waals surface area contributed by atoms with Gasteiger partial charge in [0, 0.05) is 32.4 Å². The Bertz CT molecular complexity index is 1690. The van der Waals surface area contributed by atoms with E-state index in [1.165, 1.54) is 27.4 Å². The molecule has 1 amide bonds. The number of methoxy groups -OCH3 is 1. The van der Waals surface area contributed by atoms with Gasteiger partial charge in [-0.2, -0.15) is 0 Å². The van der Waals surface area contributed by atoms with Gasteiger partial charge in [0.25, 0.3) is 11.5 Å². The third-order valence-corrected chi connectivity index (χ3v) is 7.50. The van der Waals surface area contributed by atoms with E-state index in [0.29, 0.717) is 16.8 Å². The third kappa shape index (κ3) is 5.72. The number of carboxylic acid groups (broad SMARTS) is 1. The molecule has 1 aliphatic rings. The van der Waals surface area contributed by atoms with Crippen molar-refractivity contribution in [3.05, 3.63) is 110 Å². The number of benzene rings is 1. The molecule has 3 aromatic rings. The lowest BCUT2D eigenvalue weighted by molar-refractivity contribution is -0.136. The molecule has 11 nitrogen and oxygen atoms in total. The largest absolute Gasteiger partial charge is 0.481 e. The molecule has 0 saturated heterocycles. The Labute approximate surface area is 240 Å². The molecular weight excluding hydrogens is 550 g/mol. The van der Waals surface area contributed by atoms with Crippen LogP contribution in [0.25, 0.3) is 5.57 Å². The first-order valence-corrected chi connectivity index (χ1v) is 13.1. The first-order chi connectivity index (χ1) is 19.5. The minimum absolute atomic E-state index is 0.171. The van der Waals surface area contributed by atoms with Gasteiger partial charge in [0.15, 0.2) is 0 Å². The summed E-state index contributed by atoms with van der Waals surface area (Å²) in [6.07, 6.45) is 6.50. The average molecular weight is 580 g/mol. The van der Waals surface area contributed by atoms with Crippen LogP contribution in [-0.4, -0.2) is 50.1 Å². The second kappa shape index (κ2) is 11.9. The standard InChI is InChI=1S/C29H30ClN5O6/c1-17-8-5-6-9-19(17)20-10-7-13-29(24(20)30,33-25(38)21-16-34(2)28(40)35(3)27(21)39)22-12-11-18(26(32-22)41-4)14-31-15-23(36)37/h5-13,16,24,31H,14-15H2,1-4H3,(H,33,38)(H,36,37). The van der Waals surface area contributed by atoms with Crippen LogP contribution in [0.1, 0.15) is 32.7 Å². The number of aryl methyl sites for hydroxylation is 2. The second-order valence-electron chi connectivity index (χ2n) is 9.64. The number of aliphatic carboxylic acids is 1. The number of aromatic nitrogens is 3. The van der Waals surface area contributed by atoms with Crippen LogP contribution in [0.5, 0.6) is 5.88 Å². The van der Waals surface area contributed by atoms with Crippen molar-refractivity contribution < 1.29 is 19.4 Å². The first-order valence-electron chi connectivity index (χ1n) is 12.7. The number of carbonyl (C=O) groups is 2. The van der Waals surface area contributed by atoms with E-state index in [2.05, 4.69) is 15.6 Å². The highest BCUT2D eigenvalue weighted by atomic mass is 35.5. The second-order valence-corrected chi connectivity index (χ2v) is 10.1. The maximum absolute atomic E-state index is 13.7. The summed E-state index contributed by atoms with van der Waals surface area (Å²) in [6, 6.07) is 11.1. The average Bonchev–Trinajstić information content (AvgIpc) is 2.95. The Hall–Kier alpha value is -4.48. The van der Waals surface area contributed by atoms with E-state index in [0.717, 1.165) is 20.3 Å². The predicted molar refractivity (Wildman–Crippen MR) is 154 cm³/mol. The zero-order valence-electron chi connectivity index (χ0n) is 23.0. The van der Waals surface area contributed by atoms with Gasteiger partial charge >= 0.3 is 11.7 Å². The van der Waals surface area contributed by atoms with Crippen LogP contribution in [0.3, 0.4) is 0 Å². The van der Waals surface area contributed by atoms with E-state index >= 15 is 0 Å². The monoisotopic (exact) mass is 579 g/mol. The molecule has 2 unspecified atom stereocenters. The fourth-order valence-corrected chi connectivity index (χ4v) is 5.19. The summed E-state index contributed by atoms with van der Waals surface area (Å²) in [6.45, 7) is 1.87. The zero-order valence-corrected chi connectivity index (χ0v) is 23.7. The van der Waals surface area contributed by atoms with Crippen molar-refractivity contribution in [1.82, 2.24) is 24.8 Å². The number of hydrogen-bond acceptors (Lipinski definition) is 7. The number of ether oxygens (including phenoxy) is 1. The highest BCUT2D eigenvalue weighted by Gasteiger charge is 2.45. The van der Waals surface area contributed by atoms with Gasteiger partial charge in [-0.25, -0.2) is 9.78 Å². The van der Waals surface area contributed by atoms with Gasteiger partial charge in [-0.15, -0.1) is 11.6 Å². The van der Waals surface area contributed by atoms with Gasteiger partial charge in [-0.1, -0.05) is 48.6 Å². The van der Waals surface area contributed by atoms with Gasteiger partial charge in [-0.3, -0.25) is 19.0 Å². The number of hydrogen-bond donors (Lipinski definition) is 3. The van der Waals surface area contributed by atoms with Crippen molar-refractivity contribution in [1.29, 1.82) is 0 Å². The molecule has 4 rings (SSSR count). The minimum atomic E-state index is -1.45. The minimum Gasteiger partial charge on any atom is -0.481 e. The Balaban J connectivity index is 1.85. The molecule has 2 heterocycles. The van der Waals surface area contributed by atoms with Crippen molar-refractivity contribution in [3.8, 4) is 5.88 Å². The highest BCUT2D eigenvalue weighted by Crippen LogP contribution is 2.42. The van der Waals surface area contributed by atoms with Crippen molar-refractivity contribution in [3.63, 3.8) is 0 Å². The predicted octanol–water partition coefficient (Wildman–Crippen LogP) is 1.86.